The van der Waals surface area contributed by atoms with Crippen molar-refractivity contribution in [2.45, 2.75) is 38.6 Å². The third-order valence-electron chi connectivity index (χ3n) is 4.68. The van der Waals surface area contributed by atoms with Crippen LogP contribution in [0, 0.1) is 5.92 Å². The molecule has 1 fully saturated rings. The fraction of sp³-hybridized carbons (Fsp3) is 0.556. The zero-order valence-electron chi connectivity index (χ0n) is 13.8. The number of nitrogens with zero attached hydrogens (tertiary/aromatic N) is 2. The van der Waals surface area contributed by atoms with E-state index < -0.39 is 0 Å². The second-order valence-electron chi connectivity index (χ2n) is 6.50. The number of benzene rings is 1. The van der Waals surface area contributed by atoms with Gasteiger partial charge in [-0.25, -0.2) is 0 Å². The monoisotopic (exact) mass is 314 g/mol. The van der Waals surface area contributed by atoms with Crippen molar-refractivity contribution in [1.29, 1.82) is 0 Å². The Hall–Kier alpha value is -2.04. The van der Waals surface area contributed by atoms with E-state index in [0.29, 0.717) is 0 Å². The molecule has 0 bridgehead atoms. The quantitative estimate of drug-likeness (QED) is 0.898. The Bertz CT molecular complexity index is 578. The van der Waals surface area contributed by atoms with Crippen LogP contribution in [-0.2, 0) is 11.3 Å². The minimum atomic E-state index is 0.176. The highest BCUT2D eigenvalue weighted by atomic mass is 16.1. The zero-order valence-corrected chi connectivity index (χ0v) is 13.8. The van der Waals surface area contributed by atoms with Crippen molar-refractivity contribution in [3.8, 4) is 0 Å². The third-order valence-corrected chi connectivity index (χ3v) is 4.68. The molecule has 0 spiro atoms. The van der Waals surface area contributed by atoms with Crippen molar-refractivity contribution >= 4 is 17.6 Å². The largest absolute Gasteiger partial charge is 0.352 e. The molecule has 5 nitrogen and oxygen atoms in total. The van der Waals surface area contributed by atoms with Crippen LogP contribution in [0.1, 0.15) is 37.7 Å². The molecule has 0 radical (unpaired) electrons. The van der Waals surface area contributed by atoms with Crippen LogP contribution >= 0.6 is 0 Å². The molecule has 1 aliphatic carbocycles. The first kappa shape index (κ1) is 15.8. The van der Waals surface area contributed by atoms with Crippen molar-refractivity contribution in [2.24, 2.45) is 10.9 Å². The molecule has 2 aliphatic rings. The van der Waals surface area contributed by atoms with Gasteiger partial charge in [-0.1, -0.05) is 31.4 Å². The normalized spacial score (nSPS) is 18.7. The summed E-state index contributed by atoms with van der Waals surface area (Å²) in [5.74, 6) is 1.31. The van der Waals surface area contributed by atoms with Gasteiger partial charge in [0.15, 0.2) is 5.96 Å². The Morgan fingerprint density at radius 1 is 1.30 bits per heavy atom. The molecule has 0 atom stereocenters. The molecule has 3 rings (SSSR count). The number of hydrogen-bond donors (Lipinski definition) is 2. The van der Waals surface area contributed by atoms with Gasteiger partial charge < -0.3 is 15.5 Å². The summed E-state index contributed by atoms with van der Waals surface area (Å²) in [5, 5.41) is 6.44. The van der Waals surface area contributed by atoms with Gasteiger partial charge in [0.05, 0.1) is 6.54 Å². The van der Waals surface area contributed by atoms with Gasteiger partial charge in [-0.2, -0.15) is 0 Å². The Kier molecular flexibility index (Phi) is 5.16. The standard InChI is InChI=1S/C18H26N4O/c1-22-11-10-19-18(22)20-13-14-6-5-9-16(12-14)21-17(23)15-7-3-2-4-8-15/h5-6,9,12,15H,2-4,7-8,10-11,13H2,1H3,(H,19,20)(H,21,23). The van der Waals surface area contributed by atoms with E-state index in [1.54, 1.807) is 0 Å². The summed E-state index contributed by atoms with van der Waals surface area (Å²) in [4.78, 5) is 18.9. The smallest absolute Gasteiger partial charge is 0.227 e. The molecule has 1 amide bonds. The number of anilines is 1. The molecule has 1 aromatic rings. The molecule has 2 N–H and O–H groups in total. The predicted octanol–water partition coefficient (Wildman–Crippen LogP) is 2.60. The number of rotatable bonds is 4. The molecular weight excluding hydrogens is 288 g/mol. The molecule has 1 aliphatic heterocycles. The zero-order chi connectivity index (χ0) is 16.1. The lowest BCUT2D eigenvalue weighted by Crippen LogP contribution is -2.35. The van der Waals surface area contributed by atoms with Crippen LogP contribution in [-0.4, -0.2) is 36.9 Å². The van der Waals surface area contributed by atoms with E-state index in [4.69, 9.17) is 0 Å². The first-order valence-corrected chi connectivity index (χ1v) is 8.61. The maximum atomic E-state index is 12.3. The van der Waals surface area contributed by atoms with Crippen LogP contribution in [0.3, 0.4) is 0 Å². The SMILES string of the molecule is CN1CCN=C1NCc1cccc(NC(=O)C2CCCCC2)c1. The first-order chi connectivity index (χ1) is 11.2. The molecule has 0 aromatic heterocycles. The minimum absolute atomic E-state index is 0.176. The second kappa shape index (κ2) is 7.49. The lowest BCUT2D eigenvalue weighted by Gasteiger charge is -2.21. The van der Waals surface area contributed by atoms with E-state index >= 15 is 0 Å². The molecule has 1 aromatic carbocycles. The molecule has 23 heavy (non-hydrogen) atoms. The maximum Gasteiger partial charge on any atom is 0.227 e. The molecule has 0 unspecified atom stereocenters. The number of aliphatic imine (C=N–C) groups is 1. The number of amides is 1. The van der Waals surface area contributed by atoms with Crippen LogP contribution in [0.4, 0.5) is 5.69 Å². The van der Waals surface area contributed by atoms with Crippen molar-refractivity contribution < 1.29 is 4.79 Å². The van der Waals surface area contributed by atoms with E-state index in [1.807, 2.05) is 25.2 Å². The molecule has 1 heterocycles. The van der Waals surface area contributed by atoms with Crippen LogP contribution < -0.4 is 10.6 Å². The Morgan fingerprint density at radius 2 is 2.13 bits per heavy atom. The molecule has 0 saturated heterocycles. The summed E-state index contributed by atoms with van der Waals surface area (Å²) in [7, 11) is 2.04. The van der Waals surface area contributed by atoms with E-state index in [9.17, 15) is 4.79 Å². The molecular formula is C18H26N4O. The number of guanidine groups is 1. The number of likely N-dealkylation sites (N-methyl/N-ethyl adjacent to an activating group) is 1. The van der Waals surface area contributed by atoms with Gasteiger partial charge in [-0.15, -0.1) is 0 Å². The van der Waals surface area contributed by atoms with Gasteiger partial charge in [0.2, 0.25) is 5.91 Å². The van der Waals surface area contributed by atoms with Gasteiger partial charge in [-0.3, -0.25) is 9.79 Å². The molecule has 124 valence electrons. The van der Waals surface area contributed by atoms with E-state index in [1.165, 1.54) is 19.3 Å². The van der Waals surface area contributed by atoms with Crippen molar-refractivity contribution in [3.05, 3.63) is 29.8 Å². The first-order valence-electron chi connectivity index (χ1n) is 8.61. The summed E-state index contributed by atoms with van der Waals surface area (Å²) in [6, 6.07) is 8.07. The molecule has 1 saturated carbocycles. The Balaban J connectivity index is 1.55. The minimum Gasteiger partial charge on any atom is -0.352 e. The van der Waals surface area contributed by atoms with Crippen LogP contribution in [0.25, 0.3) is 0 Å². The fourth-order valence-corrected chi connectivity index (χ4v) is 3.27. The topological polar surface area (TPSA) is 56.7 Å². The van der Waals surface area contributed by atoms with E-state index in [-0.39, 0.29) is 11.8 Å². The highest BCUT2D eigenvalue weighted by molar-refractivity contribution is 5.92. The van der Waals surface area contributed by atoms with Crippen LogP contribution in [0.15, 0.2) is 29.3 Å². The second-order valence-corrected chi connectivity index (χ2v) is 6.50. The average Bonchev–Trinajstić information content (AvgIpc) is 2.99. The molecule has 5 heteroatoms. The summed E-state index contributed by atoms with van der Waals surface area (Å²) < 4.78 is 0. The highest BCUT2D eigenvalue weighted by Gasteiger charge is 2.21. The Morgan fingerprint density at radius 3 is 2.87 bits per heavy atom. The van der Waals surface area contributed by atoms with Gasteiger partial charge in [0.25, 0.3) is 0 Å². The fourth-order valence-electron chi connectivity index (χ4n) is 3.27. The maximum absolute atomic E-state index is 12.3. The number of carbonyl (C=O) groups is 1. The third kappa shape index (κ3) is 4.24. The highest BCUT2D eigenvalue weighted by Crippen LogP contribution is 2.25. The van der Waals surface area contributed by atoms with Crippen LogP contribution in [0.5, 0.6) is 0 Å². The van der Waals surface area contributed by atoms with Gasteiger partial charge in [0, 0.05) is 31.7 Å². The van der Waals surface area contributed by atoms with Gasteiger partial charge >= 0.3 is 0 Å². The summed E-state index contributed by atoms with van der Waals surface area (Å²) in [5.41, 5.74) is 2.04. The van der Waals surface area contributed by atoms with E-state index in [0.717, 1.165) is 49.7 Å². The van der Waals surface area contributed by atoms with Crippen LogP contribution in [0.2, 0.25) is 0 Å². The number of hydrogen-bond acceptors (Lipinski definition) is 4. The summed E-state index contributed by atoms with van der Waals surface area (Å²) in [6.45, 7) is 2.55. The average molecular weight is 314 g/mol. The van der Waals surface area contributed by atoms with Crippen molar-refractivity contribution in [3.63, 3.8) is 0 Å². The Labute approximate surface area is 138 Å². The lowest BCUT2D eigenvalue weighted by atomic mass is 9.88. The number of nitrogens with one attached hydrogen (secondary N) is 2. The lowest BCUT2D eigenvalue weighted by molar-refractivity contribution is -0.120. The van der Waals surface area contributed by atoms with Crippen molar-refractivity contribution in [2.75, 3.05) is 25.5 Å². The van der Waals surface area contributed by atoms with Gasteiger partial charge in [-0.05, 0) is 30.5 Å². The predicted molar refractivity (Wildman–Crippen MR) is 93.4 cm³/mol. The van der Waals surface area contributed by atoms with E-state index in [2.05, 4.69) is 26.6 Å². The summed E-state index contributed by atoms with van der Waals surface area (Å²) in [6.07, 6.45) is 5.68. The van der Waals surface area contributed by atoms with Crippen molar-refractivity contribution in [1.82, 2.24) is 10.2 Å². The van der Waals surface area contributed by atoms with Gasteiger partial charge in [0.1, 0.15) is 0 Å². The summed E-state index contributed by atoms with van der Waals surface area (Å²) >= 11 is 0. The number of carbonyl (C=O) groups excluding carboxylic acids is 1.